The van der Waals surface area contributed by atoms with Gasteiger partial charge in [0.05, 0.1) is 11.3 Å². The van der Waals surface area contributed by atoms with Crippen molar-refractivity contribution in [2.75, 3.05) is 11.9 Å². The quantitative estimate of drug-likeness (QED) is 0.469. The summed E-state index contributed by atoms with van der Waals surface area (Å²) >= 11 is 6.50. The predicted octanol–water partition coefficient (Wildman–Crippen LogP) is 3.98. The van der Waals surface area contributed by atoms with Crippen LogP contribution in [-0.4, -0.2) is 23.4 Å². The van der Waals surface area contributed by atoms with Gasteiger partial charge in [-0.25, -0.2) is 4.99 Å². The van der Waals surface area contributed by atoms with Gasteiger partial charge in [-0.05, 0) is 31.2 Å². The Morgan fingerprint density at radius 2 is 2.00 bits per heavy atom. The molecule has 3 heterocycles. The number of para-hydroxylation sites is 2. The zero-order chi connectivity index (χ0) is 22.8. The predicted molar refractivity (Wildman–Crippen MR) is 128 cm³/mol. The van der Waals surface area contributed by atoms with Crippen LogP contribution in [0.25, 0.3) is 11.1 Å². The number of anilines is 1. The van der Waals surface area contributed by atoms with E-state index in [0.717, 1.165) is 12.1 Å². The molecule has 1 amide bonds. The van der Waals surface area contributed by atoms with E-state index in [2.05, 4.69) is 26.3 Å². The van der Waals surface area contributed by atoms with Gasteiger partial charge in [0.1, 0.15) is 11.6 Å². The molecule has 0 fully saturated rings. The highest BCUT2D eigenvalue weighted by atomic mass is 35.5. The van der Waals surface area contributed by atoms with Crippen molar-refractivity contribution in [1.82, 2.24) is 20.9 Å². The van der Waals surface area contributed by atoms with Gasteiger partial charge in [0, 0.05) is 29.0 Å². The van der Waals surface area contributed by atoms with Gasteiger partial charge in [-0.2, -0.15) is 4.98 Å². The molecule has 1 aromatic heterocycles. The zero-order valence-electron chi connectivity index (χ0n) is 17.7. The Morgan fingerprint density at radius 1 is 1.18 bits per heavy atom. The number of hydrogen-bond donors (Lipinski definition) is 4. The summed E-state index contributed by atoms with van der Waals surface area (Å²) in [6, 6.07) is 14.5. The van der Waals surface area contributed by atoms with Crippen LogP contribution < -0.4 is 21.3 Å². The molecule has 0 saturated heterocycles. The first-order valence-electron chi connectivity index (χ1n) is 10.4. The summed E-state index contributed by atoms with van der Waals surface area (Å²) in [7, 11) is 0. The minimum absolute atomic E-state index is 0.269. The van der Waals surface area contributed by atoms with Crippen molar-refractivity contribution in [1.29, 1.82) is 0 Å². The van der Waals surface area contributed by atoms with Crippen molar-refractivity contribution < 1.29 is 9.21 Å². The summed E-state index contributed by atoms with van der Waals surface area (Å²) in [6.07, 6.45) is 5.55. The van der Waals surface area contributed by atoms with Crippen molar-refractivity contribution >= 4 is 40.6 Å². The summed E-state index contributed by atoms with van der Waals surface area (Å²) < 4.78 is 5.76. The molecule has 0 saturated carbocycles. The van der Waals surface area contributed by atoms with Crippen molar-refractivity contribution in [3.63, 3.8) is 0 Å². The number of rotatable bonds is 4. The van der Waals surface area contributed by atoms with Gasteiger partial charge < -0.3 is 20.4 Å². The maximum Gasteiger partial charge on any atom is 0.302 e. The molecule has 0 spiro atoms. The molecular formula is C24H21ClN6O2. The summed E-state index contributed by atoms with van der Waals surface area (Å²) in [4.78, 5) is 22.5. The van der Waals surface area contributed by atoms with E-state index in [1.54, 1.807) is 12.3 Å². The molecule has 5 rings (SSSR count). The highest BCUT2D eigenvalue weighted by Gasteiger charge is 2.31. The van der Waals surface area contributed by atoms with Crippen LogP contribution >= 0.6 is 11.6 Å². The SMILES string of the molecule is CC1=C(C(=O)NC2=CNCC=C2)C(c2ccccc2Cl)N=C(Nc2nc3ccccc3o2)N1. The third-order valence-corrected chi connectivity index (χ3v) is 5.60. The second-order valence-corrected chi connectivity index (χ2v) is 7.95. The fourth-order valence-corrected chi connectivity index (χ4v) is 3.97. The number of carbonyl (C=O) groups excluding carboxylic acids is 1. The molecule has 1 unspecified atom stereocenters. The molecule has 0 bridgehead atoms. The molecule has 2 aliphatic rings. The molecule has 4 N–H and O–H groups in total. The number of benzene rings is 2. The maximum absolute atomic E-state index is 13.3. The molecule has 0 radical (unpaired) electrons. The Balaban J connectivity index is 1.48. The number of halogens is 1. The van der Waals surface area contributed by atoms with Gasteiger partial charge in [0.15, 0.2) is 5.58 Å². The first kappa shape index (κ1) is 20.8. The molecule has 8 nitrogen and oxygen atoms in total. The summed E-state index contributed by atoms with van der Waals surface area (Å²) in [5, 5.41) is 12.8. The van der Waals surface area contributed by atoms with Gasteiger partial charge in [-0.3, -0.25) is 10.1 Å². The monoisotopic (exact) mass is 460 g/mol. The molecule has 9 heteroatoms. The molecule has 33 heavy (non-hydrogen) atoms. The van der Waals surface area contributed by atoms with Crippen LogP contribution in [0.2, 0.25) is 5.02 Å². The van der Waals surface area contributed by atoms with Crippen LogP contribution in [0.15, 0.2) is 93.3 Å². The number of nitrogens with one attached hydrogen (secondary N) is 4. The maximum atomic E-state index is 13.3. The number of fused-ring (bicyclic) bond motifs is 1. The van der Waals surface area contributed by atoms with E-state index < -0.39 is 6.04 Å². The second-order valence-electron chi connectivity index (χ2n) is 7.54. The normalized spacial score (nSPS) is 17.7. The average Bonchev–Trinajstić information content (AvgIpc) is 3.22. The van der Waals surface area contributed by atoms with Gasteiger partial charge in [-0.15, -0.1) is 0 Å². The highest BCUT2D eigenvalue weighted by molar-refractivity contribution is 6.31. The largest absolute Gasteiger partial charge is 0.423 e. The Morgan fingerprint density at radius 3 is 2.79 bits per heavy atom. The summed E-state index contributed by atoms with van der Waals surface area (Å²) in [5.41, 5.74) is 3.88. The first-order valence-corrected chi connectivity index (χ1v) is 10.8. The molecule has 2 aromatic carbocycles. The van der Waals surface area contributed by atoms with Crippen LogP contribution in [0.4, 0.5) is 6.01 Å². The lowest BCUT2D eigenvalue weighted by atomic mass is 9.95. The number of guanidine groups is 1. The van der Waals surface area contributed by atoms with Crippen molar-refractivity contribution in [3.8, 4) is 0 Å². The minimum atomic E-state index is -0.632. The Hall–Kier alpha value is -4.04. The van der Waals surface area contributed by atoms with E-state index in [-0.39, 0.29) is 5.91 Å². The topological polar surface area (TPSA) is 104 Å². The van der Waals surface area contributed by atoms with E-state index in [4.69, 9.17) is 21.0 Å². The molecule has 1 atom stereocenters. The van der Waals surface area contributed by atoms with Crippen LogP contribution in [0.1, 0.15) is 18.5 Å². The number of oxazole rings is 1. The van der Waals surface area contributed by atoms with E-state index in [0.29, 0.717) is 45.1 Å². The van der Waals surface area contributed by atoms with Crippen LogP contribution in [0.3, 0.4) is 0 Å². The molecule has 166 valence electrons. The number of dihydropyridines is 1. The zero-order valence-corrected chi connectivity index (χ0v) is 18.5. The lowest BCUT2D eigenvalue weighted by Gasteiger charge is -2.27. The third kappa shape index (κ3) is 4.33. The molecular weight excluding hydrogens is 440 g/mol. The molecule has 0 aliphatic carbocycles. The van der Waals surface area contributed by atoms with Gasteiger partial charge in [-0.1, -0.05) is 48.0 Å². The number of hydrogen-bond acceptors (Lipinski definition) is 7. The first-order chi connectivity index (χ1) is 16.1. The van der Waals surface area contributed by atoms with Gasteiger partial charge in [0.2, 0.25) is 5.96 Å². The van der Waals surface area contributed by atoms with Crippen molar-refractivity contribution in [3.05, 3.63) is 94.4 Å². The number of amides is 1. The number of allylic oxidation sites excluding steroid dienone is 2. The smallest absolute Gasteiger partial charge is 0.302 e. The summed E-state index contributed by atoms with van der Waals surface area (Å²) in [6.45, 7) is 2.55. The van der Waals surface area contributed by atoms with Crippen LogP contribution in [0, 0.1) is 0 Å². The molecule has 2 aliphatic heterocycles. The van der Waals surface area contributed by atoms with Crippen LogP contribution in [-0.2, 0) is 4.79 Å². The van der Waals surface area contributed by atoms with E-state index >= 15 is 0 Å². The van der Waals surface area contributed by atoms with Gasteiger partial charge >= 0.3 is 6.01 Å². The van der Waals surface area contributed by atoms with E-state index in [9.17, 15) is 4.79 Å². The fraction of sp³-hybridized carbons (Fsp3) is 0.125. The van der Waals surface area contributed by atoms with E-state index in [1.165, 1.54) is 0 Å². The molecule has 3 aromatic rings. The van der Waals surface area contributed by atoms with Crippen molar-refractivity contribution in [2.45, 2.75) is 13.0 Å². The Labute approximate surface area is 195 Å². The summed E-state index contributed by atoms with van der Waals surface area (Å²) in [5.74, 6) is 0.133. The number of nitrogens with zero attached hydrogens (tertiary/aromatic N) is 2. The van der Waals surface area contributed by atoms with Gasteiger partial charge in [0.25, 0.3) is 5.91 Å². The average molecular weight is 461 g/mol. The highest BCUT2D eigenvalue weighted by Crippen LogP contribution is 2.35. The lowest BCUT2D eigenvalue weighted by molar-refractivity contribution is -0.117. The van der Waals surface area contributed by atoms with Crippen LogP contribution in [0.5, 0.6) is 0 Å². The number of aromatic nitrogens is 1. The third-order valence-electron chi connectivity index (χ3n) is 5.25. The fourth-order valence-electron chi connectivity index (χ4n) is 3.73. The minimum Gasteiger partial charge on any atom is -0.423 e. The number of aliphatic imine (C=N–C) groups is 1. The second kappa shape index (κ2) is 8.84. The lowest BCUT2D eigenvalue weighted by Crippen LogP contribution is -2.39. The van der Waals surface area contributed by atoms with E-state index in [1.807, 2.05) is 61.5 Å². The van der Waals surface area contributed by atoms with Crippen molar-refractivity contribution in [2.24, 2.45) is 4.99 Å². The Bertz CT molecular complexity index is 1320. The number of carbonyl (C=O) groups is 1. The Kier molecular flexibility index (Phi) is 5.58. The standard InChI is InChI=1S/C24H21ClN6O2/c1-14-20(22(32)28-15-7-6-12-26-13-15)21(16-8-2-3-9-17(16)25)30-23(27-14)31-24-29-18-10-4-5-11-19(18)33-24/h2-11,13,21,26H,12H2,1H3,(H,28,32)(H2,27,29,30,31).